The first-order valence-electron chi connectivity index (χ1n) is 6.33. The molecule has 2 heterocycles. The second-order valence-electron chi connectivity index (χ2n) is 4.38. The summed E-state index contributed by atoms with van der Waals surface area (Å²) in [5.41, 5.74) is 0.538. The molecule has 2 aromatic heterocycles. The predicted molar refractivity (Wildman–Crippen MR) is 81.7 cm³/mol. The molecule has 0 fully saturated rings. The number of anilines is 1. The molecule has 0 aliphatic carbocycles. The van der Waals surface area contributed by atoms with Gasteiger partial charge >= 0.3 is 0 Å². The monoisotopic (exact) mass is 340 g/mol. The van der Waals surface area contributed by atoms with E-state index in [4.69, 9.17) is 11.6 Å². The molecule has 2 aromatic rings. The molecular weight excluding hydrogens is 328 g/mol. The topological polar surface area (TPSA) is 102 Å². The predicted octanol–water partition coefficient (Wildman–Crippen LogP) is 1.88. The van der Waals surface area contributed by atoms with E-state index in [0.29, 0.717) is 5.82 Å². The largest absolute Gasteiger partial charge is 0.305 e. The summed E-state index contributed by atoms with van der Waals surface area (Å²) in [4.78, 5) is 23.7. The molecule has 0 aromatic carbocycles. The van der Waals surface area contributed by atoms with E-state index < -0.39 is 20.9 Å². The SMILES string of the molecule is CCS(=O)(=O)c1ncc(Cl)c(C(=O)Nc2ncccc2C)n1. The number of halogens is 1. The summed E-state index contributed by atoms with van der Waals surface area (Å²) >= 11 is 5.89. The van der Waals surface area contributed by atoms with Crippen LogP contribution < -0.4 is 5.32 Å². The van der Waals surface area contributed by atoms with Crippen molar-refractivity contribution in [2.75, 3.05) is 11.1 Å². The van der Waals surface area contributed by atoms with Crippen molar-refractivity contribution in [3.63, 3.8) is 0 Å². The summed E-state index contributed by atoms with van der Waals surface area (Å²) in [6.07, 6.45) is 2.62. The van der Waals surface area contributed by atoms with Crippen molar-refractivity contribution in [2.45, 2.75) is 19.0 Å². The Kier molecular flexibility index (Phi) is 4.72. The number of aryl methyl sites for hydroxylation is 1. The van der Waals surface area contributed by atoms with Gasteiger partial charge in [-0.15, -0.1) is 0 Å². The van der Waals surface area contributed by atoms with Gasteiger partial charge in [0, 0.05) is 6.20 Å². The molecule has 0 bridgehead atoms. The molecule has 0 atom stereocenters. The van der Waals surface area contributed by atoms with Gasteiger partial charge in [0.1, 0.15) is 5.82 Å². The van der Waals surface area contributed by atoms with Gasteiger partial charge in [0.15, 0.2) is 5.69 Å². The number of carbonyl (C=O) groups is 1. The summed E-state index contributed by atoms with van der Waals surface area (Å²) in [5, 5.41) is 2.08. The highest BCUT2D eigenvalue weighted by Crippen LogP contribution is 2.17. The third kappa shape index (κ3) is 3.40. The average molecular weight is 341 g/mol. The zero-order valence-electron chi connectivity index (χ0n) is 11.9. The van der Waals surface area contributed by atoms with Gasteiger partial charge in [-0.1, -0.05) is 24.6 Å². The zero-order chi connectivity index (χ0) is 16.3. The summed E-state index contributed by atoms with van der Waals surface area (Å²) in [6.45, 7) is 3.24. The Morgan fingerprint density at radius 1 is 1.36 bits per heavy atom. The van der Waals surface area contributed by atoms with E-state index in [2.05, 4.69) is 20.3 Å². The first kappa shape index (κ1) is 16.3. The zero-order valence-corrected chi connectivity index (χ0v) is 13.4. The van der Waals surface area contributed by atoms with Gasteiger partial charge in [0.2, 0.25) is 15.0 Å². The van der Waals surface area contributed by atoms with Crippen LogP contribution in [0.4, 0.5) is 5.82 Å². The van der Waals surface area contributed by atoms with Crippen LogP contribution in [0, 0.1) is 6.92 Å². The molecule has 0 unspecified atom stereocenters. The van der Waals surface area contributed by atoms with Gasteiger partial charge < -0.3 is 5.32 Å². The molecule has 116 valence electrons. The van der Waals surface area contributed by atoms with Crippen molar-refractivity contribution in [2.24, 2.45) is 0 Å². The van der Waals surface area contributed by atoms with Crippen molar-refractivity contribution in [1.29, 1.82) is 0 Å². The number of carbonyl (C=O) groups excluding carboxylic acids is 1. The minimum atomic E-state index is -3.63. The van der Waals surface area contributed by atoms with Crippen molar-refractivity contribution < 1.29 is 13.2 Å². The Morgan fingerprint density at radius 3 is 2.73 bits per heavy atom. The maximum Gasteiger partial charge on any atom is 0.277 e. The summed E-state index contributed by atoms with van der Waals surface area (Å²) < 4.78 is 23.6. The standard InChI is InChI=1S/C13H13ClN4O3S/c1-3-22(20,21)13-16-7-9(14)10(17-13)12(19)18-11-8(2)5-4-6-15-11/h4-7H,3H2,1-2H3,(H,15,18,19). The molecule has 0 radical (unpaired) electrons. The van der Waals surface area contributed by atoms with Crippen LogP contribution in [0.2, 0.25) is 5.02 Å². The van der Waals surface area contributed by atoms with Crippen LogP contribution in [0.5, 0.6) is 0 Å². The normalized spacial score (nSPS) is 11.2. The van der Waals surface area contributed by atoms with Crippen LogP contribution in [0.1, 0.15) is 23.0 Å². The van der Waals surface area contributed by atoms with Gasteiger partial charge in [-0.2, -0.15) is 0 Å². The molecule has 0 aliphatic rings. The molecule has 1 N–H and O–H groups in total. The lowest BCUT2D eigenvalue weighted by Crippen LogP contribution is -2.19. The van der Waals surface area contributed by atoms with Crippen LogP contribution in [0.15, 0.2) is 29.7 Å². The molecule has 0 saturated carbocycles. The summed E-state index contributed by atoms with van der Waals surface area (Å²) in [5.74, 6) is -0.474. The lowest BCUT2D eigenvalue weighted by Gasteiger charge is -2.08. The number of rotatable bonds is 4. The molecule has 1 amide bonds. The second kappa shape index (κ2) is 6.37. The Balaban J connectivity index is 2.38. The highest BCUT2D eigenvalue weighted by molar-refractivity contribution is 7.91. The van der Waals surface area contributed by atoms with Crippen molar-refractivity contribution in [3.8, 4) is 0 Å². The van der Waals surface area contributed by atoms with Crippen LogP contribution in [-0.2, 0) is 9.84 Å². The van der Waals surface area contributed by atoms with Crippen LogP contribution in [-0.4, -0.2) is 35.0 Å². The molecule has 0 saturated heterocycles. The van der Waals surface area contributed by atoms with Crippen molar-refractivity contribution in [1.82, 2.24) is 15.0 Å². The summed E-state index contributed by atoms with van der Waals surface area (Å²) in [6, 6.07) is 3.51. The van der Waals surface area contributed by atoms with Gasteiger partial charge in [0.25, 0.3) is 5.91 Å². The van der Waals surface area contributed by atoms with E-state index in [-0.39, 0.29) is 16.5 Å². The first-order valence-corrected chi connectivity index (χ1v) is 8.36. The van der Waals surface area contributed by atoms with Crippen molar-refractivity contribution in [3.05, 3.63) is 40.8 Å². The lowest BCUT2D eigenvalue weighted by molar-refractivity contribution is 0.102. The number of hydrogen-bond donors (Lipinski definition) is 1. The maximum absolute atomic E-state index is 12.2. The van der Waals surface area contributed by atoms with E-state index in [1.807, 2.05) is 0 Å². The fourth-order valence-electron chi connectivity index (χ4n) is 1.57. The number of nitrogens with zero attached hydrogens (tertiary/aromatic N) is 3. The van der Waals surface area contributed by atoms with Gasteiger partial charge in [-0.25, -0.2) is 23.4 Å². The Hall–Kier alpha value is -2.06. The molecule has 0 spiro atoms. The van der Waals surface area contributed by atoms with Gasteiger partial charge in [-0.05, 0) is 18.6 Å². The third-order valence-corrected chi connectivity index (χ3v) is 4.63. The Morgan fingerprint density at radius 2 is 2.09 bits per heavy atom. The highest BCUT2D eigenvalue weighted by Gasteiger charge is 2.21. The third-order valence-electron chi connectivity index (χ3n) is 2.84. The smallest absolute Gasteiger partial charge is 0.277 e. The lowest BCUT2D eigenvalue weighted by atomic mass is 10.3. The summed E-state index contributed by atoms with van der Waals surface area (Å²) in [7, 11) is -3.63. The Bertz CT molecular complexity index is 824. The molecule has 22 heavy (non-hydrogen) atoms. The van der Waals surface area contributed by atoms with E-state index in [9.17, 15) is 13.2 Å². The first-order chi connectivity index (χ1) is 10.3. The van der Waals surface area contributed by atoms with Crippen LogP contribution in [0.3, 0.4) is 0 Å². The van der Waals surface area contributed by atoms with Crippen molar-refractivity contribution >= 4 is 33.2 Å². The number of sulfone groups is 1. The second-order valence-corrected chi connectivity index (χ2v) is 6.95. The highest BCUT2D eigenvalue weighted by atomic mass is 35.5. The molecule has 2 rings (SSSR count). The number of nitrogens with one attached hydrogen (secondary N) is 1. The molecule has 7 nitrogen and oxygen atoms in total. The number of pyridine rings is 1. The molecule has 0 aliphatic heterocycles. The van der Waals surface area contributed by atoms with Gasteiger partial charge in [-0.3, -0.25) is 4.79 Å². The fraction of sp³-hybridized carbons (Fsp3) is 0.231. The van der Waals surface area contributed by atoms with E-state index in [1.165, 1.54) is 13.1 Å². The maximum atomic E-state index is 12.2. The van der Waals surface area contributed by atoms with E-state index in [0.717, 1.165) is 11.8 Å². The number of aromatic nitrogens is 3. The van der Waals surface area contributed by atoms with E-state index >= 15 is 0 Å². The minimum absolute atomic E-state index is 0.0406. The van der Waals surface area contributed by atoms with Crippen LogP contribution >= 0.6 is 11.6 Å². The van der Waals surface area contributed by atoms with Crippen LogP contribution in [0.25, 0.3) is 0 Å². The number of amides is 1. The molecule has 9 heteroatoms. The fourth-order valence-corrected chi connectivity index (χ4v) is 2.45. The van der Waals surface area contributed by atoms with Gasteiger partial charge in [0.05, 0.1) is 17.0 Å². The Labute approximate surface area is 132 Å². The minimum Gasteiger partial charge on any atom is -0.305 e. The van der Waals surface area contributed by atoms with E-state index in [1.54, 1.807) is 19.1 Å². The number of hydrogen-bond acceptors (Lipinski definition) is 6. The molecular formula is C13H13ClN4O3S. The quantitative estimate of drug-likeness (QED) is 0.852. The average Bonchev–Trinajstić information content (AvgIpc) is 2.49.